The van der Waals surface area contributed by atoms with E-state index in [1.165, 1.54) is 4.80 Å². The van der Waals surface area contributed by atoms with Crippen LogP contribution in [0.15, 0.2) is 36.7 Å². The molecular formula is C15H18N4OS. The van der Waals surface area contributed by atoms with E-state index in [9.17, 15) is 4.79 Å². The van der Waals surface area contributed by atoms with Crippen LogP contribution < -0.4 is 0 Å². The zero-order chi connectivity index (χ0) is 14.8. The van der Waals surface area contributed by atoms with Crippen LogP contribution in [0.25, 0.3) is 5.69 Å². The van der Waals surface area contributed by atoms with Gasteiger partial charge in [-0.3, -0.25) is 4.79 Å². The summed E-state index contributed by atoms with van der Waals surface area (Å²) in [5, 5.41) is 8.51. The third kappa shape index (κ3) is 2.81. The molecule has 2 aromatic rings. The standard InChI is InChI=1S/C15H18N4OS/c1-11-6-7-12(21)10-18(11)15(20)13-4-2-3-5-14(13)19-16-8-9-17-19/h2-5,8-9,11-12,21H,6-7,10H2,1H3/t11-,12?/m1/s1. The average Bonchev–Trinajstić information content (AvgIpc) is 3.03. The minimum Gasteiger partial charge on any atom is -0.335 e. The number of hydrogen-bond acceptors (Lipinski definition) is 4. The Bertz CT molecular complexity index is 628. The van der Waals surface area contributed by atoms with Gasteiger partial charge in [0, 0.05) is 17.8 Å². The van der Waals surface area contributed by atoms with Crippen molar-refractivity contribution in [1.82, 2.24) is 19.9 Å². The van der Waals surface area contributed by atoms with Crippen LogP contribution in [0.2, 0.25) is 0 Å². The van der Waals surface area contributed by atoms with E-state index in [1.54, 1.807) is 12.4 Å². The molecule has 1 fully saturated rings. The average molecular weight is 302 g/mol. The van der Waals surface area contributed by atoms with E-state index in [0.29, 0.717) is 17.8 Å². The largest absolute Gasteiger partial charge is 0.335 e. The number of piperidine rings is 1. The molecule has 0 N–H and O–H groups in total. The molecule has 1 aromatic carbocycles. The van der Waals surface area contributed by atoms with Gasteiger partial charge < -0.3 is 4.90 Å². The number of hydrogen-bond donors (Lipinski definition) is 1. The summed E-state index contributed by atoms with van der Waals surface area (Å²) in [6, 6.07) is 7.68. The number of thiol groups is 1. The lowest BCUT2D eigenvalue weighted by molar-refractivity contribution is 0.0642. The smallest absolute Gasteiger partial charge is 0.256 e. The number of para-hydroxylation sites is 1. The molecule has 2 atom stereocenters. The Hall–Kier alpha value is -1.82. The topological polar surface area (TPSA) is 51.0 Å². The van der Waals surface area contributed by atoms with Crippen molar-refractivity contribution in [3.05, 3.63) is 42.2 Å². The normalized spacial score (nSPS) is 22.3. The van der Waals surface area contributed by atoms with Crippen LogP contribution in [0.4, 0.5) is 0 Å². The van der Waals surface area contributed by atoms with Crippen LogP contribution in [-0.2, 0) is 0 Å². The molecule has 5 nitrogen and oxygen atoms in total. The number of carbonyl (C=O) groups is 1. The van der Waals surface area contributed by atoms with Crippen LogP contribution in [-0.4, -0.2) is 43.6 Å². The fraction of sp³-hybridized carbons (Fsp3) is 0.400. The van der Waals surface area contributed by atoms with Crippen LogP contribution in [0.3, 0.4) is 0 Å². The van der Waals surface area contributed by atoms with E-state index in [-0.39, 0.29) is 17.2 Å². The predicted molar refractivity (Wildman–Crippen MR) is 83.9 cm³/mol. The summed E-state index contributed by atoms with van der Waals surface area (Å²) in [7, 11) is 0. The second kappa shape index (κ2) is 5.89. The highest BCUT2D eigenvalue weighted by atomic mass is 32.1. The van der Waals surface area contributed by atoms with Gasteiger partial charge in [0.05, 0.1) is 23.6 Å². The molecule has 3 rings (SSSR count). The number of carbonyl (C=O) groups excluding carboxylic acids is 1. The molecule has 110 valence electrons. The summed E-state index contributed by atoms with van der Waals surface area (Å²) < 4.78 is 0. The van der Waals surface area contributed by atoms with Gasteiger partial charge in [0.15, 0.2) is 0 Å². The SMILES string of the molecule is C[C@@H]1CCC(S)CN1C(=O)c1ccccc1-n1nccn1. The number of amides is 1. The van der Waals surface area contributed by atoms with Crippen molar-refractivity contribution in [3.8, 4) is 5.69 Å². The fourth-order valence-electron chi connectivity index (χ4n) is 2.69. The summed E-state index contributed by atoms with van der Waals surface area (Å²) in [5.41, 5.74) is 1.34. The number of benzene rings is 1. The highest BCUT2D eigenvalue weighted by molar-refractivity contribution is 7.81. The summed E-state index contributed by atoms with van der Waals surface area (Å²) >= 11 is 4.53. The number of rotatable bonds is 2. The van der Waals surface area contributed by atoms with Gasteiger partial charge in [-0.15, -0.1) is 0 Å². The highest BCUT2D eigenvalue weighted by Gasteiger charge is 2.29. The molecule has 0 aliphatic carbocycles. The molecule has 6 heteroatoms. The van der Waals surface area contributed by atoms with Gasteiger partial charge in [-0.2, -0.15) is 27.6 Å². The first-order valence-corrected chi connectivity index (χ1v) is 7.63. The molecular weight excluding hydrogens is 284 g/mol. The fourth-order valence-corrected chi connectivity index (χ4v) is 3.02. The lowest BCUT2D eigenvalue weighted by Crippen LogP contribution is -2.46. The first-order valence-electron chi connectivity index (χ1n) is 7.11. The van der Waals surface area contributed by atoms with Gasteiger partial charge in [-0.1, -0.05) is 12.1 Å². The van der Waals surface area contributed by atoms with Crippen LogP contribution >= 0.6 is 12.6 Å². The lowest BCUT2D eigenvalue weighted by atomic mass is 10.0. The predicted octanol–water partition coefficient (Wildman–Crippen LogP) is 2.19. The zero-order valence-corrected chi connectivity index (χ0v) is 12.8. The Morgan fingerprint density at radius 2 is 1.95 bits per heavy atom. The van der Waals surface area contributed by atoms with E-state index < -0.39 is 0 Å². The maximum atomic E-state index is 12.9. The lowest BCUT2D eigenvalue weighted by Gasteiger charge is -2.36. The molecule has 0 spiro atoms. The summed E-state index contributed by atoms with van der Waals surface area (Å²) in [6.45, 7) is 2.77. The van der Waals surface area contributed by atoms with E-state index >= 15 is 0 Å². The summed E-state index contributed by atoms with van der Waals surface area (Å²) in [5.74, 6) is 0.0224. The Kier molecular flexibility index (Phi) is 3.96. The van der Waals surface area contributed by atoms with Gasteiger partial charge in [-0.25, -0.2) is 0 Å². The molecule has 1 aliphatic rings. The van der Waals surface area contributed by atoms with E-state index in [1.807, 2.05) is 29.2 Å². The third-order valence-corrected chi connectivity index (χ3v) is 4.31. The number of nitrogens with zero attached hydrogens (tertiary/aromatic N) is 4. The third-order valence-electron chi connectivity index (χ3n) is 3.89. The quantitative estimate of drug-likeness (QED) is 0.865. The van der Waals surface area contributed by atoms with Gasteiger partial charge in [-0.05, 0) is 31.9 Å². The van der Waals surface area contributed by atoms with Crippen molar-refractivity contribution in [2.24, 2.45) is 0 Å². The van der Waals surface area contributed by atoms with Crippen molar-refractivity contribution in [2.75, 3.05) is 6.54 Å². The monoisotopic (exact) mass is 302 g/mol. The molecule has 1 aliphatic heterocycles. The first kappa shape index (κ1) is 14.1. The second-order valence-electron chi connectivity index (χ2n) is 5.37. The summed E-state index contributed by atoms with van der Waals surface area (Å²) in [6.07, 6.45) is 5.25. The Balaban J connectivity index is 1.95. The molecule has 2 heterocycles. The van der Waals surface area contributed by atoms with Gasteiger partial charge in [0.2, 0.25) is 0 Å². The zero-order valence-electron chi connectivity index (χ0n) is 11.9. The van der Waals surface area contributed by atoms with Gasteiger partial charge >= 0.3 is 0 Å². The molecule has 1 saturated heterocycles. The molecule has 0 radical (unpaired) electrons. The van der Waals surface area contributed by atoms with Crippen molar-refractivity contribution < 1.29 is 4.79 Å². The van der Waals surface area contributed by atoms with E-state index in [2.05, 4.69) is 29.7 Å². The first-order chi connectivity index (χ1) is 10.2. The van der Waals surface area contributed by atoms with Gasteiger partial charge in [0.25, 0.3) is 5.91 Å². The molecule has 0 bridgehead atoms. The molecule has 1 amide bonds. The molecule has 1 aromatic heterocycles. The maximum absolute atomic E-state index is 12.9. The summed E-state index contributed by atoms with van der Waals surface area (Å²) in [4.78, 5) is 16.3. The van der Waals surface area contributed by atoms with Crippen molar-refractivity contribution in [3.63, 3.8) is 0 Å². The van der Waals surface area contributed by atoms with Crippen LogP contribution in [0, 0.1) is 0 Å². The Morgan fingerprint density at radius 3 is 2.71 bits per heavy atom. The Labute approximate surface area is 129 Å². The number of aromatic nitrogens is 3. The minimum atomic E-state index is 0.0224. The van der Waals surface area contributed by atoms with E-state index in [4.69, 9.17) is 0 Å². The van der Waals surface area contributed by atoms with Crippen LogP contribution in [0.1, 0.15) is 30.1 Å². The number of likely N-dealkylation sites (tertiary alicyclic amines) is 1. The maximum Gasteiger partial charge on any atom is 0.256 e. The molecule has 21 heavy (non-hydrogen) atoms. The van der Waals surface area contributed by atoms with E-state index in [0.717, 1.165) is 12.8 Å². The Morgan fingerprint density at radius 1 is 1.24 bits per heavy atom. The van der Waals surface area contributed by atoms with Crippen LogP contribution in [0.5, 0.6) is 0 Å². The van der Waals surface area contributed by atoms with Gasteiger partial charge in [0.1, 0.15) is 0 Å². The highest BCUT2D eigenvalue weighted by Crippen LogP contribution is 2.24. The van der Waals surface area contributed by atoms with Crippen molar-refractivity contribution in [2.45, 2.75) is 31.1 Å². The van der Waals surface area contributed by atoms with Crippen molar-refractivity contribution in [1.29, 1.82) is 0 Å². The molecule has 0 saturated carbocycles. The minimum absolute atomic E-state index is 0.0224. The molecule has 1 unspecified atom stereocenters. The van der Waals surface area contributed by atoms with Crippen molar-refractivity contribution >= 4 is 18.5 Å². The second-order valence-corrected chi connectivity index (χ2v) is 6.10.